The summed E-state index contributed by atoms with van der Waals surface area (Å²) in [5, 5.41) is 9.62. The lowest BCUT2D eigenvalue weighted by Crippen LogP contribution is -2.37. The number of nitrogens with one attached hydrogen (secondary N) is 3. The lowest BCUT2D eigenvalue weighted by atomic mass is 9.99. The zero-order valence-corrected chi connectivity index (χ0v) is 12.6. The number of hydrogen-bond acceptors (Lipinski definition) is 5. The highest BCUT2D eigenvalue weighted by atomic mass is 16.2. The highest BCUT2D eigenvalue weighted by Crippen LogP contribution is 2.21. The molecule has 1 fully saturated rings. The first kappa shape index (κ1) is 14.1. The van der Waals surface area contributed by atoms with Crippen LogP contribution >= 0.6 is 0 Å². The van der Waals surface area contributed by atoms with Crippen LogP contribution in [0.2, 0.25) is 0 Å². The first-order chi connectivity index (χ1) is 11.2. The van der Waals surface area contributed by atoms with Crippen molar-refractivity contribution in [3.8, 4) is 0 Å². The second-order valence-electron chi connectivity index (χ2n) is 5.94. The Morgan fingerprint density at radius 2 is 2.30 bits per heavy atom. The highest BCUT2D eigenvalue weighted by molar-refractivity contribution is 5.99. The Labute approximate surface area is 132 Å². The van der Waals surface area contributed by atoms with E-state index in [1.807, 2.05) is 4.57 Å². The van der Waals surface area contributed by atoms with Crippen LogP contribution in [0.4, 0.5) is 5.95 Å². The van der Waals surface area contributed by atoms with E-state index in [1.165, 1.54) is 0 Å². The van der Waals surface area contributed by atoms with Crippen molar-refractivity contribution in [2.75, 3.05) is 25.0 Å². The van der Waals surface area contributed by atoms with Gasteiger partial charge in [0.1, 0.15) is 11.3 Å². The topological polar surface area (TPSA) is 101 Å². The van der Waals surface area contributed by atoms with Crippen molar-refractivity contribution in [1.29, 1.82) is 0 Å². The van der Waals surface area contributed by atoms with Gasteiger partial charge in [-0.1, -0.05) is 0 Å². The molecule has 0 aromatic carbocycles. The van der Waals surface area contributed by atoms with Gasteiger partial charge < -0.3 is 15.2 Å². The van der Waals surface area contributed by atoms with E-state index in [4.69, 9.17) is 0 Å². The van der Waals surface area contributed by atoms with Gasteiger partial charge in [0.25, 0.3) is 5.91 Å². The maximum atomic E-state index is 12.3. The number of carbonyl (C=O) groups excluding carboxylic acids is 2. The van der Waals surface area contributed by atoms with E-state index < -0.39 is 0 Å². The number of nitrogens with zero attached hydrogens (tertiary/aromatic N) is 3. The molecule has 0 radical (unpaired) electrons. The van der Waals surface area contributed by atoms with Crippen molar-refractivity contribution < 1.29 is 9.59 Å². The fraction of sp³-hybridized carbons (Fsp3) is 0.467. The largest absolute Gasteiger partial charge is 0.349 e. The summed E-state index contributed by atoms with van der Waals surface area (Å²) in [6, 6.07) is 1.78. The van der Waals surface area contributed by atoms with E-state index in [1.54, 1.807) is 12.3 Å². The normalized spacial score (nSPS) is 20.9. The van der Waals surface area contributed by atoms with Crippen molar-refractivity contribution in [3.63, 3.8) is 0 Å². The first-order valence-corrected chi connectivity index (χ1v) is 7.88. The van der Waals surface area contributed by atoms with Gasteiger partial charge in [0, 0.05) is 31.2 Å². The zero-order chi connectivity index (χ0) is 15.8. The Balaban J connectivity index is 1.61. The average molecular weight is 314 g/mol. The van der Waals surface area contributed by atoms with Crippen LogP contribution in [0.5, 0.6) is 0 Å². The van der Waals surface area contributed by atoms with Crippen LogP contribution in [0.1, 0.15) is 23.3 Å². The minimum atomic E-state index is -0.104. The van der Waals surface area contributed by atoms with Gasteiger partial charge in [-0.3, -0.25) is 14.9 Å². The molecule has 1 atom stereocenters. The van der Waals surface area contributed by atoms with Gasteiger partial charge in [0.05, 0.1) is 5.92 Å². The Bertz CT molecular complexity index is 778. The van der Waals surface area contributed by atoms with Crippen molar-refractivity contribution in [2.45, 2.75) is 19.4 Å². The number of hydrogen-bond donors (Lipinski definition) is 3. The van der Waals surface area contributed by atoms with Crippen LogP contribution in [0.25, 0.3) is 11.0 Å². The molecule has 1 saturated heterocycles. The van der Waals surface area contributed by atoms with Crippen LogP contribution in [0.3, 0.4) is 0 Å². The predicted molar refractivity (Wildman–Crippen MR) is 84.1 cm³/mol. The van der Waals surface area contributed by atoms with Gasteiger partial charge in [-0.15, -0.1) is 0 Å². The number of fused-ring (bicyclic) bond motifs is 3. The van der Waals surface area contributed by atoms with Crippen LogP contribution in [-0.4, -0.2) is 46.0 Å². The van der Waals surface area contributed by atoms with Crippen molar-refractivity contribution in [2.24, 2.45) is 5.92 Å². The molecule has 2 aromatic rings. The molecule has 2 aromatic heterocycles. The molecular weight excluding hydrogens is 296 g/mol. The van der Waals surface area contributed by atoms with Crippen LogP contribution in [0, 0.1) is 5.92 Å². The fourth-order valence-electron chi connectivity index (χ4n) is 3.17. The summed E-state index contributed by atoms with van der Waals surface area (Å²) in [6.45, 7) is 2.90. The summed E-state index contributed by atoms with van der Waals surface area (Å²) in [5.74, 6) is 0.0860. The molecule has 0 spiro atoms. The van der Waals surface area contributed by atoms with Crippen LogP contribution in [-0.2, 0) is 11.3 Å². The molecule has 4 heterocycles. The summed E-state index contributed by atoms with van der Waals surface area (Å²) < 4.78 is 1.87. The standard InChI is InChI=1S/C15H18N6O2/c22-13(9-2-1-3-16-7-9)20-15-18-8-10-6-11-14(23)17-4-5-21(11)12(10)19-15/h6,8-9,16H,1-5,7H2,(H,17,23)(H,18,19,20,22)/t9-/m1/s1. The molecule has 0 aliphatic carbocycles. The summed E-state index contributed by atoms with van der Waals surface area (Å²) in [6.07, 6.45) is 3.52. The van der Waals surface area contributed by atoms with E-state index in [-0.39, 0.29) is 17.7 Å². The average Bonchev–Trinajstić information content (AvgIpc) is 2.95. The lowest BCUT2D eigenvalue weighted by Gasteiger charge is -2.21. The van der Waals surface area contributed by atoms with Crippen molar-refractivity contribution in [3.05, 3.63) is 18.0 Å². The third-order valence-electron chi connectivity index (χ3n) is 4.39. The molecule has 0 saturated carbocycles. The van der Waals surface area contributed by atoms with Gasteiger partial charge in [-0.05, 0) is 25.5 Å². The van der Waals surface area contributed by atoms with Crippen LogP contribution in [0.15, 0.2) is 12.3 Å². The van der Waals surface area contributed by atoms with Gasteiger partial charge in [0.2, 0.25) is 11.9 Å². The molecule has 120 valence electrons. The summed E-state index contributed by atoms with van der Waals surface area (Å²) in [5.41, 5.74) is 1.27. The van der Waals surface area contributed by atoms with E-state index in [0.29, 0.717) is 36.9 Å². The Kier molecular flexibility index (Phi) is 3.45. The highest BCUT2D eigenvalue weighted by Gasteiger charge is 2.23. The predicted octanol–water partition coefficient (Wildman–Crippen LogP) is 0.113. The number of anilines is 1. The molecule has 2 aliphatic heterocycles. The number of amides is 2. The van der Waals surface area contributed by atoms with Gasteiger partial charge >= 0.3 is 0 Å². The molecule has 2 aliphatic rings. The summed E-state index contributed by atoms with van der Waals surface area (Å²) in [7, 11) is 0. The molecular formula is C15H18N6O2. The zero-order valence-electron chi connectivity index (χ0n) is 12.6. The smallest absolute Gasteiger partial charge is 0.268 e. The number of aromatic nitrogens is 3. The third kappa shape index (κ3) is 2.55. The SMILES string of the molecule is O=C1NCCn2c1cc1cnc(NC(=O)[C@@H]3CCCNC3)nc12. The Morgan fingerprint density at radius 3 is 3.13 bits per heavy atom. The molecule has 0 unspecified atom stereocenters. The van der Waals surface area contributed by atoms with E-state index in [2.05, 4.69) is 25.9 Å². The summed E-state index contributed by atoms with van der Waals surface area (Å²) in [4.78, 5) is 32.8. The second kappa shape index (κ2) is 5.62. The Hall–Kier alpha value is -2.48. The van der Waals surface area contributed by atoms with Crippen molar-refractivity contribution >= 4 is 28.8 Å². The number of rotatable bonds is 2. The van der Waals surface area contributed by atoms with E-state index >= 15 is 0 Å². The van der Waals surface area contributed by atoms with Gasteiger partial charge in [-0.2, -0.15) is 4.98 Å². The van der Waals surface area contributed by atoms with Crippen molar-refractivity contribution in [1.82, 2.24) is 25.2 Å². The molecule has 23 heavy (non-hydrogen) atoms. The van der Waals surface area contributed by atoms with Crippen LogP contribution < -0.4 is 16.0 Å². The molecule has 4 rings (SSSR count). The fourth-order valence-corrected chi connectivity index (χ4v) is 3.17. The molecule has 8 nitrogen and oxygen atoms in total. The minimum Gasteiger partial charge on any atom is -0.349 e. The first-order valence-electron chi connectivity index (χ1n) is 7.88. The van der Waals surface area contributed by atoms with Gasteiger partial charge in [-0.25, -0.2) is 4.98 Å². The lowest BCUT2D eigenvalue weighted by molar-refractivity contribution is -0.120. The van der Waals surface area contributed by atoms with Gasteiger partial charge in [0.15, 0.2) is 0 Å². The molecule has 0 bridgehead atoms. The summed E-state index contributed by atoms with van der Waals surface area (Å²) >= 11 is 0. The Morgan fingerprint density at radius 1 is 1.39 bits per heavy atom. The second-order valence-corrected chi connectivity index (χ2v) is 5.94. The van der Waals surface area contributed by atoms with E-state index in [9.17, 15) is 9.59 Å². The quantitative estimate of drug-likeness (QED) is 0.730. The monoisotopic (exact) mass is 314 g/mol. The number of piperidine rings is 1. The third-order valence-corrected chi connectivity index (χ3v) is 4.39. The maximum absolute atomic E-state index is 12.3. The minimum absolute atomic E-state index is 0.0462. The number of carbonyl (C=O) groups is 2. The molecule has 8 heteroatoms. The molecule has 2 amide bonds. The molecule has 3 N–H and O–H groups in total. The van der Waals surface area contributed by atoms with E-state index in [0.717, 1.165) is 24.8 Å². The maximum Gasteiger partial charge on any atom is 0.268 e.